The molecule has 2 rings (SSSR count). The maximum atomic E-state index is 11.7. The predicted octanol–water partition coefficient (Wildman–Crippen LogP) is 3.59. The number of aliphatic carboxylic acids is 1. The van der Waals surface area contributed by atoms with Crippen molar-refractivity contribution in [1.29, 1.82) is 0 Å². The molecular weight excluding hydrogens is 392 g/mol. The van der Waals surface area contributed by atoms with E-state index in [1.807, 2.05) is 54.6 Å². The Morgan fingerprint density at radius 2 is 1.55 bits per heavy atom. The molecule has 2 aromatic rings. The first-order chi connectivity index (χ1) is 14.9. The number of hydrogen-bond donors (Lipinski definition) is 4. The number of nitrogens with one attached hydrogen (secondary N) is 2. The van der Waals surface area contributed by atoms with Crippen LogP contribution in [0.1, 0.15) is 44.2 Å². The molecule has 0 fully saturated rings. The summed E-state index contributed by atoms with van der Waals surface area (Å²) in [5.41, 5.74) is 2.01. The van der Waals surface area contributed by atoms with E-state index < -0.39 is 17.7 Å². The van der Waals surface area contributed by atoms with Gasteiger partial charge in [0.05, 0.1) is 12.5 Å². The third-order valence-corrected chi connectivity index (χ3v) is 5.14. The van der Waals surface area contributed by atoms with Crippen LogP contribution in [0.25, 0.3) is 0 Å². The summed E-state index contributed by atoms with van der Waals surface area (Å²) >= 11 is 0. The fraction of sp³-hybridized carbons (Fsp3) is 0.480. The van der Waals surface area contributed by atoms with E-state index in [9.17, 15) is 15.0 Å². The Balaban J connectivity index is 1.73. The number of rotatable bonds is 15. The van der Waals surface area contributed by atoms with Gasteiger partial charge in [0.25, 0.3) is 0 Å². The van der Waals surface area contributed by atoms with Crippen molar-refractivity contribution in [2.45, 2.75) is 51.8 Å². The first-order valence-electron chi connectivity index (χ1n) is 11.1. The lowest BCUT2D eigenvalue weighted by atomic mass is 9.92. The highest BCUT2D eigenvalue weighted by Gasteiger charge is 2.19. The van der Waals surface area contributed by atoms with E-state index >= 15 is 0 Å². The lowest BCUT2D eigenvalue weighted by Crippen LogP contribution is -2.55. The Kier molecular flexibility index (Phi) is 10.5. The monoisotopic (exact) mass is 428 g/mol. The molecule has 2 aromatic carbocycles. The van der Waals surface area contributed by atoms with Crippen LogP contribution in [0.4, 0.5) is 0 Å². The van der Waals surface area contributed by atoms with E-state index in [4.69, 9.17) is 4.74 Å². The van der Waals surface area contributed by atoms with Crippen molar-refractivity contribution in [2.24, 2.45) is 5.92 Å². The van der Waals surface area contributed by atoms with Crippen LogP contribution in [0, 0.1) is 5.92 Å². The average Bonchev–Trinajstić information content (AvgIpc) is 2.75. The number of carbonyl (C=O) groups is 1. The number of unbranched alkanes of at least 4 members (excludes halogenated alkanes) is 1. The molecule has 6 nitrogen and oxygen atoms in total. The first kappa shape index (κ1) is 24.9. The summed E-state index contributed by atoms with van der Waals surface area (Å²) in [6.07, 6.45) is 3.86. The van der Waals surface area contributed by atoms with Crippen molar-refractivity contribution in [3.05, 3.63) is 65.7 Å². The molecule has 1 unspecified atom stereocenters. The molecule has 2 atom stereocenters. The Morgan fingerprint density at radius 3 is 2.13 bits per heavy atom. The Labute approximate surface area is 185 Å². The zero-order valence-corrected chi connectivity index (χ0v) is 18.6. The van der Waals surface area contributed by atoms with Crippen LogP contribution in [0.2, 0.25) is 0 Å². The molecule has 0 aliphatic rings. The van der Waals surface area contributed by atoms with Crippen molar-refractivity contribution < 1.29 is 19.7 Å². The summed E-state index contributed by atoms with van der Waals surface area (Å²) in [4.78, 5) is 11.7. The highest BCUT2D eigenvalue weighted by atomic mass is 16.5. The second kappa shape index (κ2) is 13.1. The molecular formula is C25H36N2O4. The largest absolute Gasteiger partial charge is 0.494 e. The highest BCUT2D eigenvalue weighted by molar-refractivity contribution is 5.70. The lowest BCUT2D eigenvalue weighted by molar-refractivity contribution is -0.141. The molecule has 0 saturated heterocycles. The van der Waals surface area contributed by atoms with E-state index in [2.05, 4.69) is 17.6 Å². The number of aliphatic hydroxyl groups is 1. The standard InChI is InChI=1S/C25H36N2O4/c1-3-4-15-26-25(2,30)27-16-8-17-31-23-13-11-21(12-14-23)19-22(24(28)29)18-20-9-6-5-7-10-20/h5-7,9-14,22,26-27,30H,3-4,8,15-19H2,1-2H3,(H,28,29)/t22-,25?/m0/s1. The Morgan fingerprint density at radius 1 is 0.968 bits per heavy atom. The fourth-order valence-electron chi connectivity index (χ4n) is 3.32. The minimum atomic E-state index is -1.07. The van der Waals surface area contributed by atoms with Crippen molar-refractivity contribution in [1.82, 2.24) is 10.6 Å². The summed E-state index contributed by atoms with van der Waals surface area (Å²) in [7, 11) is 0. The van der Waals surface area contributed by atoms with Crippen LogP contribution in [0.3, 0.4) is 0 Å². The number of carboxylic acid groups (broad SMARTS) is 1. The SMILES string of the molecule is CCCCNC(C)(O)NCCCOc1ccc(C[C@H](Cc2ccccc2)C(=O)O)cc1. The second-order valence-electron chi connectivity index (χ2n) is 8.05. The number of hydrogen-bond acceptors (Lipinski definition) is 5. The van der Waals surface area contributed by atoms with Gasteiger partial charge in [0.15, 0.2) is 5.85 Å². The van der Waals surface area contributed by atoms with Gasteiger partial charge in [-0.3, -0.25) is 15.4 Å². The number of ether oxygens (including phenoxy) is 1. The maximum Gasteiger partial charge on any atom is 0.307 e. The third kappa shape index (κ3) is 9.96. The quantitative estimate of drug-likeness (QED) is 0.256. The van der Waals surface area contributed by atoms with Crippen LogP contribution in [0.15, 0.2) is 54.6 Å². The zero-order valence-electron chi connectivity index (χ0n) is 18.6. The van der Waals surface area contributed by atoms with E-state index in [0.717, 1.165) is 42.7 Å². The fourth-order valence-corrected chi connectivity index (χ4v) is 3.32. The van der Waals surface area contributed by atoms with Crippen LogP contribution >= 0.6 is 0 Å². The van der Waals surface area contributed by atoms with Gasteiger partial charge in [-0.05, 0) is 62.4 Å². The summed E-state index contributed by atoms with van der Waals surface area (Å²) < 4.78 is 5.76. The molecule has 0 heterocycles. The van der Waals surface area contributed by atoms with Crippen LogP contribution < -0.4 is 15.4 Å². The van der Waals surface area contributed by atoms with E-state index in [1.165, 1.54) is 0 Å². The summed E-state index contributed by atoms with van der Waals surface area (Å²) in [6.45, 7) is 5.76. The van der Waals surface area contributed by atoms with Crippen LogP contribution in [-0.4, -0.2) is 41.7 Å². The average molecular weight is 429 g/mol. The topological polar surface area (TPSA) is 90.8 Å². The summed E-state index contributed by atoms with van der Waals surface area (Å²) in [5, 5.41) is 25.9. The zero-order chi connectivity index (χ0) is 22.5. The molecule has 0 amide bonds. The van der Waals surface area contributed by atoms with Crippen LogP contribution in [0.5, 0.6) is 5.75 Å². The molecule has 0 aliphatic carbocycles. The first-order valence-corrected chi connectivity index (χ1v) is 11.1. The van der Waals surface area contributed by atoms with Gasteiger partial charge in [-0.1, -0.05) is 55.8 Å². The third-order valence-electron chi connectivity index (χ3n) is 5.14. The van der Waals surface area contributed by atoms with E-state index in [0.29, 0.717) is 26.0 Å². The molecule has 0 aromatic heterocycles. The molecule has 0 saturated carbocycles. The smallest absolute Gasteiger partial charge is 0.307 e. The van der Waals surface area contributed by atoms with Gasteiger partial charge in [0.1, 0.15) is 5.75 Å². The van der Waals surface area contributed by atoms with Gasteiger partial charge in [0.2, 0.25) is 0 Å². The molecule has 0 radical (unpaired) electrons. The predicted molar refractivity (Wildman–Crippen MR) is 123 cm³/mol. The van der Waals surface area contributed by atoms with Gasteiger partial charge in [-0.25, -0.2) is 0 Å². The summed E-state index contributed by atoms with van der Waals surface area (Å²) in [6, 6.07) is 17.3. The summed E-state index contributed by atoms with van der Waals surface area (Å²) in [5.74, 6) is -1.56. The molecule has 170 valence electrons. The Bertz CT molecular complexity index is 763. The van der Waals surface area contributed by atoms with Gasteiger partial charge >= 0.3 is 5.97 Å². The van der Waals surface area contributed by atoms with Gasteiger partial charge < -0.3 is 14.9 Å². The minimum Gasteiger partial charge on any atom is -0.494 e. The van der Waals surface area contributed by atoms with Crippen molar-refractivity contribution in [3.8, 4) is 5.75 Å². The maximum absolute atomic E-state index is 11.7. The van der Waals surface area contributed by atoms with E-state index in [-0.39, 0.29) is 0 Å². The molecule has 0 bridgehead atoms. The van der Waals surface area contributed by atoms with E-state index in [1.54, 1.807) is 6.92 Å². The lowest BCUT2D eigenvalue weighted by Gasteiger charge is -2.26. The molecule has 4 N–H and O–H groups in total. The van der Waals surface area contributed by atoms with Gasteiger partial charge in [-0.15, -0.1) is 0 Å². The van der Waals surface area contributed by atoms with Crippen molar-refractivity contribution in [3.63, 3.8) is 0 Å². The molecule has 0 spiro atoms. The van der Waals surface area contributed by atoms with Crippen molar-refractivity contribution >= 4 is 5.97 Å². The van der Waals surface area contributed by atoms with Crippen LogP contribution in [-0.2, 0) is 17.6 Å². The highest BCUT2D eigenvalue weighted by Crippen LogP contribution is 2.18. The minimum absolute atomic E-state index is 0.459. The molecule has 31 heavy (non-hydrogen) atoms. The molecule has 0 aliphatic heterocycles. The van der Waals surface area contributed by atoms with Gasteiger partial charge in [0, 0.05) is 6.54 Å². The van der Waals surface area contributed by atoms with Crippen molar-refractivity contribution in [2.75, 3.05) is 19.7 Å². The Hall–Kier alpha value is -2.41. The van der Waals surface area contributed by atoms with Gasteiger partial charge in [-0.2, -0.15) is 0 Å². The molecule has 6 heteroatoms. The normalized spacial score (nSPS) is 14.0. The number of benzene rings is 2. The number of carboxylic acids is 1. The second-order valence-corrected chi connectivity index (χ2v) is 8.05.